The van der Waals surface area contributed by atoms with Crippen molar-refractivity contribution in [1.82, 2.24) is 5.32 Å². The number of aryl methyl sites for hydroxylation is 1. The van der Waals surface area contributed by atoms with Crippen LogP contribution in [0.25, 0.3) is 0 Å². The molecule has 3 nitrogen and oxygen atoms in total. The minimum atomic E-state index is -0.407. The summed E-state index contributed by atoms with van der Waals surface area (Å²) in [6, 6.07) is 10.5. The lowest BCUT2D eigenvalue weighted by Crippen LogP contribution is -2.40. The van der Waals surface area contributed by atoms with Crippen LogP contribution < -0.4 is 10.1 Å². The highest BCUT2D eigenvalue weighted by Crippen LogP contribution is 2.19. The van der Waals surface area contributed by atoms with Crippen molar-refractivity contribution in [2.24, 2.45) is 0 Å². The van der Waals surface area contributed by atoms with E-state index < -0.39 is 5.54 Å². The molecule has 0 radical (unpaired) electrons. The maximum Gasteiger partial charge on any atom is 0.122 e. The molecule has 0 amide bonds. The quantitative estimate of drug-likeness (QED) is 0.698. The molecule has 0 saturated heterocycles. The van der Waals surface area contributed by atoms with E-state index in [1.165, 1.54) is 5.56 Å². The van der Waals surface area contributed by atoms with Crippen molar-refractivity contribution < 1.29 is 4.74 Å². The van der Waals surface area contributed by atoms with Gasteiger partial charge in [-0.05, 0) is 50.8 Å². The van der Waals surface area contributed by atoms with Gasteiger partial charge >= 0.3 is 0 Å². The highest BCUT2D eigenvalue weighted by molar-refractivity contribution is 5.33. The van der Waals surface area contributed by atoms with Gasteiger partial charge in [0, 0.05) is 0 Å². The summed E-state index contributed by atoms with van der Waals surface area (Å²) >= 11 is 0. The van der Waals surface area contributed by atoms with E-state index in [1.54, 1.807) is 0 Å². The Hall–Kier alpha value is -1.53. The summed E-state index contributed by atoms with van der Waals surface area (Å²) in [5.74, 6) is 0.990. The molecule has 0 bridgehead atoms. The van der Waals surface area contributed by atoms with Crippen LogP contribution in [0.15, 0.2) is 24.3 Å². The third kappa shape index (κ3) is 5.22. The Morgan fingerprint density at radius 1 is 1.25 bits per heavy atom. The lowest BCUT2D eigenvalue weighted by Gasteiger charge is -2.22. The first kappa shape index (κ1) is 16.5. The molecule has 1 unspecified atom stereocenters. The van der Waals surface area contributed by atoms with Crippen molar-refractivity contribution in [2.75, 3.05) is 13.2 Å². The third-order valence-electron chi connectivity index (χ3n) is 3.50. The molecule has 1 N–H and O–H groups in total. The largest absolute Gasteiger partial charge is 0.493 e. The van der Waals surface area contributed by atoms with Gasteiger partial charge < -0.3 is 4.74 Å². The van der Waals surface area contributed by atoms with Crippen molar-refractivity contribution in [2.45, 2.75) is 52.0 Å². The number of nitrogens with zero attached hydrogens (tertiary/aromatic N) is 1. The molecule has 0 aliphatic rings. The minimum absolute atomic E-state index is 0.407. The second-order valence-electron chi connectivity index (χ2n) is 5.24. The fourth-order valence-electron chi connectivity index (χ4n) is 2.27. The summed E-state index contributed by atoms with van der Waals surface area (Å²) < 4.78 is 5.83. The lowest BCUT2D eigenvalue weighted by molar-refractivity contribution is 0.293. The number of rotatable bonds is 9. The average molecular weight is 274 g/mol. The van der Waals surface area contributed by atoms with E-state index in [-0.39, 0.29) is 0 Å². The van der Waals surface area contributed by atoms with Crippen molar-refractivity contribution in [3.8, 4) is 11.8 Å². The Kier molecular flexibility index (Phi) is 7.11. The van der Waals surface area contributed by atoms with Crippen LogP contribution in [0, 0.1) is 11.3 Å². The molecule has 1 aromatic rings. The lowest BCUT2D eigenvalue weighted by atomic mass is 9.97. The highest BCUT2D eigenvalue weighted by atomic mass is 16.5. The zero-order valence-corrected chi connectivity index (χ0v) is 12.9. The Labute approximate surface area is 123 Å². The van der Waals surface area contributed by atoms with E-state index in [9.17, 15) is 5.26 Å². The van der Waals surface area contributed by atoms with Crippen molar-refractivity contribution in [1.29, 1.82) is 5.26 Å². The zero-order valence-electron chi connectivity index (χ0n) is 12.9. The number of nitrogens with one attached hydrogen (secondary N) is 1. The fraction of sp³-hybridized carbons (Fsp3) is 0.588. The summed E-state index contributed by atoms with van der Waals surface area (Å²) in [5, 5.41) is 12.4. The molecule has 20 heavy (non-hydrogen) atoms. The molecule has 1 aromatic carbocycles. The van der Waals surface area contributed by atoms with E-state index in [0.29, 0.717) is 6.61 Å². The van der Waals surface area contributed by atoms with E-state index in [2.05, 4.69) is 24.4 Å². The predicted octanol–water partition coefficient (Wildman–Crippen LogP) is 3.69. The summed E-state index contributed by atoms with van der Waals surface area (Å²) in [6.45, 7) is 7.66. The van der Waals surface area contributed by atoms with Crippen LogP contribution in [0.4, 0.5) is 0 Å². The molecule has 0 saturated carbocycles. The third-order valence-corrected chi connectivity index (χ3v) is 3.50. The van der Waals surface area contributed by atoms with Crippen LogP contribution in [0.2, 0.25) is 0 Å². The smallest absolute Gasteiger partial charge is 0.122 e. The molecule has 1 atom stereocenters. The van der Waals surface area contributed by atoms with Gasteiger partial charge in [0.2, 0.25) is 0 Å². The van der Waals surface area contributed by atoms with Gasteiger partial charge in [0.05, 0.1) is 12.7 Å². The Morgan fingerprint density at radius 2 is 2.00 bits per heavy atom. The molecule has 0 aliphatic carbocycles. The summed E-state index contributed by atoms with van der Waals surface area (Å²) in [6.07, 6.45) is 3.81. The molecule has 0 spiro atoms. The van der Waals surface area contributed by atoms with E-state index in [1.807, 2.05) is 32.0 Å². The molecule has 3 heteroatoms. The van der Waals surface area contributed by atoms with Gasteiger partial charge in [-0.2, -0.15) is 5.26 Å². The van der Waals surface area contributed by atoms with Gasteiger partial charge in [0.25, 0.3) is 0 Å². The number of unbranched alkanes of at least 4 members (excludes halogenated alkanes) is 1. The van der Waals surface area contributed by atoms with Crippen LogP contribution in [-0.2, 0) is 6.42 Å². The summed E-state index contributed by atoms with van der Waals surface area (Å²) in [7, 11) is 0. The maximum atomic E-state index is 9.18. The van der Waals surface area contributed by atoms with E-state index in [0.717, 1.165) is 38.0 Å². The van der Waals surface area contributed by atoms with Gasteiger partial charge in [-0.1, -0.05) is 32.0 Å². The normalized spacial score (nSPS) is 13.5. The van der Waals surface area contributed by atoms with Crippen LogP contribution >= 0.6 is 0 Å². The summed E-state index contributed by atoms with van der Waals surface area (Å²) in [4.78, 5) is 0. The topological polar surface area (TPSA) is 45.0 Å². The minimum Gasteiger partial charge on any atom is -0.493 e. The second-order valence-corrected chi connectivity index (χ2v) is 5.24. The number of hydrogen-bond acceptors (Lipinski definition) is 3. The number of ether oxygens (including phenoxy) is 1. The van der Waals surface area contributed by atoms with Crippen molar-refractivity contribution in [3.63, 3.8) is 0 Å². The van der Waals surface area contributed by atoms with Gasteiger partial charge in [-0.15, -0.1) is 0 Å². The number of nitriles is 1. The van der Waals surface area contributed by atoms with Crippen LogP contribution in [0.5, 0.6) is 5.75 Å². The first-order chi connectivity index (χ1) is 9.65. The standard InChI is InChI=1S/C17H26N2O/c1-4-15-10-6-7-11-16(15)20-13-9-8-12-17(3,14-18)19-5-2/h6-7,10-11,19H,4-5,8-9,12-13H2,1-3H3. The fourth-order valence-corrected chi connectivity index (χ4v) is 2.27. The SMILES string of the molecule is CCNC(C)(C#N)CCCCOc1ccccc1CC. The first-order valence-corrected chi connectivity index (χ1v) is 7.52. The van der Waals surface area contributed by atoms with Crippen LogP contribution in [-0.4, -0.2) is 18.7 Å². The number of para-hydroxylation sites is 1. The molecule has 1 rings (SSSR count). The zero-order chi connectivity index (χ0) is 14.8. The Morgan fingerprint density at radius 3 is 2.65 bits per heavy atom. The second kappa shape index (κ2) is 8.60. The van der Waals surface area contributed by atoms with Crippen molar-refractivity contribution >= 4 is 0 Å². The van der Waals surface area contributed by atoms with E-state index in [4.69, 9.17) is 4.74 Å². The van der Waals surface area contributed by atoms with Gasteiger partial charge in [0.1, 0.15) is 11.3 Å². The van der Waals surface area contributed by atoms with Crippen LogP contribution in [0.3, 0.4) is 0 Å². The van der Waals surface area contributed by atoms with Gasteiger partial charge in [-0.3, -0.25) is 5.32 Å². The molecule has 0 aromatic heterocycles. The van der Waals surface area contributed by atoms with Crippen LogP contribution in [0.1, 0.15) is 45.6 Å². The first-order valence-electron chi connectivity index (χ1n) is 7.52. The van der Waals surface area contributed by atoms with Crippen molar-refractivity contribution in [3.05, 3.63) is 29.8 Å². The van der Waals surface area contributed by atoms with Gasteiger partial charge in [-0.25, -0.2) is 0 Å². The monoisotopic (exact) mass is 274 g/mol. The molecule has 0 aliphatic heterocycles. The molecule has 0 fully saturated rings. The molecular formula is C17H26N2O. The maximum absolute atomic E-state index is 9.18. The van der Waals surface area contributed by atoms with E-state index >= 15 is 0 Å². The molecular weight excluding hydrogens is 248 g/mol. The number of benzene rings is 1. The predicted molar refractivity (Wildman–Crippen MR) is 82.9 cm³/mol. The average Bonchev–Trinajstić information content (AvgIpc) is 2.47. The Bertz CT molecular complexity index is 439. The number of hydrogen-bond donors (Lipinski definition) is 1. The Balaban J connectivity index is 2.30. The molecule has 110 valence electrons. The highest BCUT2D eigenvalue weighted by Gasteiger charge is 2.21. The molecule has 0 heterocycles. The van der Waals surface area contributed by atoms with Gasteiger partial charge in [0.15, 0.2) is 0 Å². The summed E-state index contributed by atoms with van der Waals surface area (Å²) in [5.41, 5.74) is 0.845.